The molecular formula is C19H23FN2O3S. The number of amides is 1. The quantitative estimate of drug-likeness (QED) is 0.649. The molecule has 0 aliphatic heterocycles. The molecule has 5 nitrogen and oxygen atoms in total. The van der Waals surface area contributed by atoms with E-state index < -0.39 is 15.8 Å². The molecule has 0 aromatic heterocycles. The summed E-state index contributed by atoms with van der Waals surface area (Å²) >= 11 is 0. The average Bonchev–Trinajstić information content (AvgIpc) is 2.62. The van der Waals surface area contributed by atoms with Crippen LogP contribution in [0.4, 0.5) is 10.1 Å². The van der Waals surface area contributed by atoms with Gasteiger partial charge in [0.1, 0.15) is 5.82 Å². The molecule has 2 aromatic carbocycles. The molecule has 2 N–H and O–H groups in total. The van der Waals surface area contributed by atoms with Gasteiger partial charge in [0.05, 0.1) is 4.90 Å². The van der Waals surface area contributed by atoms with E-state index in [2.05, 4.69) is 17.0 Å². The number of halogens is 1. The minimum absolute atomic E-state index is 0.0344. The van der Waals surface area contributed by atoms with Crippen LogP contribution in [-0.4, -0.2) is 20.9 Å². The van der Waals surface area contributed by atoms with Crippen molar-refractivity contribution in [2.75, 3.05) is 11.3 Å². The first-order valence-electron chi connectivity index (χ1n) is 8.59. The molecule has 0 bridgehead atoms. The van der Waals surface area contributed by atoms with Crippen LogP contribution < -0.4 is 10.0 Å². The number of carbonyl (C=O) groups is 1. The lowest BCUT2D eigenvalue weighted by Gasteiger charge is -2.09. The highest BCUT2D eigenvalue weighted by molar-refractivity contribution is 7.92. The lowest BCUT2D eigenvalue weighted by atomic mass is 10.2. The molecule has 0 aliphatic carbocycles. The zero-order valence-corrected chi connectivity index (χ0v) is 15.5. The SMILES string of the molecule is CCCCCCNC(=O)c1ccc(NS(=O)(=O)c2ccc(F)cc2)cc1. The number of hydrogen-bond acceptors (Lipinski definition) is 3. The van der Waals surface area contributed by atoms with Gasteiger partial charge in [-0.3, -0.25) is 9.52 Å². The van der Waals surface area contributed by atoms with Gasteiger partial charge in [0, 0.05) is 17.8 Å². The fourth-order valence-corrected chi connectivity index (χ4v) is 3.43. The third-order valence-electron chi connectivity index (χ3n) is 3.84. The Morgan fingerprint density at radius 2 is 1.62 bits per heavy atom. The van der Waals surface area contributed by atoms with Crippen LogP contribution in [0, 0.1) is 5.82 Å². The second-order valence-corrected chi connectivity index (χ2v) is 7.64. The molecule has 1 amide bonds. The monoisotopic (exact) mass is 378 g/mol. The topological polar surface area (TPSA) is 75.3 Å². The molecule has 140 valence electrons. The summed E-state index contributed by atoms with van der Waals surface area (Å²) in [6.07, 6.45) is 4.32. The summed E-state index contributed by atoms with van der Waals surface area (Å²) in [5.41, 5.74) is 0.791. The van der Waals surface area contributed by atoms with Crippen molar-refractivity contribution >= 4 is 21.6 Å². The van der Waals surface area contributed by atoms with E-state index in [1.807, 2.05) is 0 Å². The largest absolute Gasteiger partial charge is 0.352 e. The van der Waals surface area contributed by atoms with Crippen molar-refractivity contribution in [3.63, 3.8) is 0 Å². The number of carbonyl (C=O) groups excluding carboxylic acids is 1. The van der Waals surface area contributed by atoms with Crippen LogP contribution in [0.2, 0.25) is 0 Å². The minimum atomic E-state index is -3.80. The molecule has 0 saturated carbocycles. The molecule has 2 aromatic rings. The van der Waals surface area contributed by atoms with E-state index in [1.54, 1.807) is 12.1 Å². The summed E-state index contributed by atoms with van der Waals surface area (Å²) in [5.74, 6) is -0.691. The molecule has 0 radical (unpaired) electrons. The lowest BCUT2D eigenvalue weighted by Crippen LogP contribution is -2.24. The standard InChI is InChI=1S/C19H23FN2O3S/c1-2-3-4-5-14-21-19(23)15-6-10-17(11-7-15)22-26(24,25)18-12-8-16(20)9-13-18/h6-13,22H,2-5,14H2,1H3,(H,21,23). The van der Waals surface area contributed by atoms with Gasteiger partial charge in [0.2, 0.25) is 0 Å². The highest BCUT2D eigenvalue weighted by atomic mass is 32.2. The van der Waals surface area contributed by atoms with Crippen LogP contribution in [0.15, 0.2) is 53.4 Å². The van der Waals surface area contributed by atoms with E-state index in [0.29, 0.717) is 17.8 Å². The third kappa shape index (κ3) is 5.84. The molecule has 7 heteroatoms. The molecule has 0 unspecified atom stereocenters. The Morgan fingerprint density at radius 1 is 0.962 bits per heavy atom. The highest BCUT2D eigenvalue weighted by Gasteiger charge is 2.14. The van der Waals surface area contributed by atoms with Gasteiger partial charge in [-0.2, -0.15) is 0 Å². The molecular weight excluding hydrogens is 355 g/mol. The van der Waals surface area contributed by atoms with Crippen LogP contribution >= 0.6 is 0 Å². The Hall–Kier alpha value is -2.41. The predicted octanol–water partition coefficient (Wildman–Crippen LogP) is 3.94. The maximum atomic E-state index is 12.9. The zero-order valence-electron chi connectivity index (χ0n) is 14.7. The van der Waals surface area contributed by atoms with E-state index in [-0.39, 0.29) is 10.8 Å². The number of unbranched alkanes of at least 4 members (excludes halogenated alkanes) is 3. The van der Waals surface area contributed by atoms with Crippen LogP contribution in [0.25, 0.3) is 0 Å². The van der Waals surface area contributed by atoms with Crippen LogP contribution in [0.3, 0.4) is 0 Å². The Morgan fingerprint density at radius 3 is 2.23 bits per heavy atom. The molecule has 0 spiro atoms. The van der Waals surface area contributed by atoms with Crippen molar-refractivity contribution in [1.82, 2.24) is 5.32 Å². The van der Waals surface area contributed by atoms with Crippen molar-refractivity contribution in [3.8, 4) is 0 Å². The van der Waals surface area contributed by atoms with E-state index in [4.69, 9.17) is 0 Å². The second-order valence-electron chi connectivity index (χ2n) is 5.95. The maximum absolute atomic E-state index is 12.9. The van der Waals surface area contributed by atoms with Gasteiger partial charge in [-0.05, 0) is 55.0 Å². The number of anilines is 1. The number of hydrogen-bond donors (Lipinski definition) is 2. The smallest absolute Gasteiger partial charge is 0.261 e. The molecule has 2 rings (SSSR count). The fraction of sp³-hybridized carbons (Fsp3) is 0.316. The first-order chi connectivity index (χ1) is 12.4. The minimum Gasteiger partial charge on any atom is -0.352 e. The van der Waals surface area contributed by atoms with Crippen molar-refractivity contribution in [2.45, 2.75) is 37.5 Å². The summed E-state index contributed by atoms with van der Waals surface area (Å²) in [7, 11) is -3.80. The van der Waals surface area contributed by atoms with Crippen LogP contribution in [0.5, 0.6) is 0 Å². The van der Waals surface area contributed by atoms with Crippen LogP contribution in [-0.2, 0) is 10.0 Å². The van der Waals surface area contributed by atoms with Gasteiger partial charge in [0.15, 0.2) is 0 Å². The Bertz CT molecular complexity index is 819. The first-order valence-corrected chi connectivity index (χ1v) is 10.1. The average molecular weight is 378 g/mol. The summed E-state index contributed by atoms with van der Waals surface area (Å²) < 4.78 is 39.8. The van der Waals surface area contributed by atoms with Gasteiger partial charge < -0.3 is 5.32 Å². The zero-order chi connectivity index (χ0) is 19.0. The normalized spacial score (nSPS) is 11.2. The summed E-state index contributed by atoms with van der Waals surface area (Å²) in [4.78, 5) is 12.0. The van der Waals surface area contributed by atoms with Crippen molar-refractivity contribution < 1.29 is 17.6 Å². The Balaban J connectivity index is 1.94. The number of nitrogens with one attached hydrogen (secondary N) is 2. The summed E-state index contributed by atoms with van der Waals surface area (Å²) in [5, 5.41) is 2.84. The van der Waals surface area contributed by atoms with E-state index >= 15 is 0 Å². The highest BCUT2D eigenvalue weighted by Crippen LogP contribution is 2.17. The molecule has 0 fully saturated rings. The number of benzene rings is 2. The summed E-state index contributed by atoms with van der Waals surface area (Å²) in [6, 6.07) is 10.7. The van der Waals surface area contributed by atoms with Gasteiger partial charge in [0.25, 0.3) is 15.9 Å². The van der Waals surface area contributed by atoms with Crippen LogP contribution in [0.1, 0.15) is 43.0 Å². The van der Waals surface area contributed by atoms with E-state index in [9.17, 15) is 17.6 Å². The first kappa shape index (κ1) is 19.9. The fourth-order valence-electron chi connectivity index (χ4n) is 2.37. The van der Waals surface area contributed by atoms with E-state index in [0.717, 1.165) is 37.8 Å². The molecule has 0 aliphatic rings. The van der Waals surface area contributed by atoms with Gasteiger partial charge in [-0.25, -0.2) is 12.8 Å². The molecule has 0 atom stereocenters. The molecule has 0 saturated heterocycles. The van der Waals surface area contributed by atoms with Gasteiger partial charge in [-0.1, -0.05) is 26.2 Å². The maximum Gasteiger partial charge on any atom is 0.261 e. The molecule has 26 heavy (non-hydrogen) atoms. The number of sulfonamides is 1. The van der Waals surface area contributed by atoms with Crippen molar-refractivity contribution in [3.05, 3.63) is 59.9 Å². The predicted molar refractivity (Wildman–Crippen MR) is 100 cm³/mol. The van der Waals surface area contributed by atoms with Gasteiger partial charge >= 0.3 is 0 Å². The Kier molecular flexibility index (Phi) is 7.15. The third-order valence-corrected chi connectivity index (χ3v) is 5.24. The van der Waals surface area contributed by atoms with Crippen molar-refractivity contribution in [2.24, 2.45) is 0 Å². The van der Waals surface area contributed by atoms with E-state index in [1.165, 1.54) is 24.3 Å². The van der Waals surface area contributed by atoms with Crippen molar-refractivity contribution in [1.29, 1.82) is 0 Å². The van der Waals surface area contributed by atoms with Gasteiger partial charge in [-0.15, -0.1) is 0 Å². The lowest BCUT2D eigenvalue weighted by molar-refractivity contribution is 0.0953. The summed E-state index contributed by atoms with van der Waals surface area (Å²) in [6.45, 7) is 2.75. The molecule has 0 heterocycles. The Labute approximate surface area is 153 Å². The number of rotatable bonds is 9. The second kappa shape index (κ2) is 9.33.